The number of esters is 1. The monoisotopic (exact) mass is 359 g/mol. The number of carbonyl (C=O) groups excluding carboxylic acids is 2. The third-order valence-corrected chi connectivity index (χ3v) is 3.48. The lowest BCUT2D eigenvalue weighted by Crippen LogP contribution is -2.57. The van der Waals surface area contributed by atoms with E-state index in [4.69, 9.17) is 9.47 Å². The molecule has 6 heteroatoms. The van der Waals surface area contributed by atoms with E-state index in [1.165, 1.54) is 0 Å². The summed E-state index contributed by atoms with van der Waals surface area (Å²) >= 11 is 0. The molecule has 0 aromatic heterocycles. The molecule has 0 fully saturated rings. The van der Waals surface area contributed by atoms with Crippen LogP contribution < -0.4 is 0 Å². The Morgan fingerprint density at radius 2 is 1.60 bits per heavy atom. The van der Waals surface area contributed by atoms with Crippen LogP contribution in [0.4, 0.5) is 4.79 Å². The summed E-state index contributed by atoms with van der Waals surface area (Å²) in [5, 5.41) is 10.7. The zero-order chi connectivity index (χ0) is 20.0. The maximum Gasteiger partial charge on any atom is 0.411 e. The van der Waals surface area contributed by atoms with Crippen LogP contribution in [0.5, 0.6) is 0 Å². The van der Waals surface area contributed by atoms with Crippen molar-refractivity contribution in [3.05, 3.63) is 0 Å². The van der Waals surface area contributed by atoms with Crippen molar-refractivity contribution < 1.29 is 24.2 Å². The molecule has 0 bridgehead atoms. The second-order valence-electron chi connectivity index (χ2n) is 8.79. The lowest BCUT2D eigenvalue weighted by atomic mass is 9.92. The fourth-order valence-corrected chi connectivity index (χ4v) is 2.66. The Bertz CT molecular complexity index is 434. The second kappa shape index (κ2) is 9.41. The Labute approximate surface area is 152 Å². The van der Waals surface area contributed by atoms with Crippen LogP contribution in [0, 0.1) is 5.92 Å². The van der Waals surface area contributed by atoms with Gasteiger partial charge in [-0.3, -0.25) is 9.69 Å². The molecule has 0 spiro atoms. The van der Waals surface area contributed by atoms with Crippen LogP contribution in [-0.2, 0) is 14.3 Å². The first kappa shape index (κ1) is 23.7. The molecule has 0 rings (SSSR count). The smallest absolute Gasteiger partial charge is 0.411 e. The summed E-state index contributed by atoms with van der Waals surface area (Å²) in [5.74, 6) is -0.240. The topological polar surface area (TPSA) is 76.1 Å². The van der Waals surface area contributed by atoms with Gasteiger partial charge in [-0.05, 0) is 60.8 Å². The van der Waals surface area contributed by atoms with Gasteiger partial charge in [0.25, 0.3) is 0 Å². The van der Waals surface area contributed by atoms with Gasteiger partial charge in [0.2, 0.25) is 0 Å². The number of aliphatic hydroxyl groups is 1. The quantitative estimate of drug-likeness (QED) is 0.701. The predicted octanol–water partition coefficient (Wildman–Crippen LogP) is 3.75. The second-order valence-corrected chi connectivity index (χ2v) is 8.79. The van der Waals surface area contributed by atoms with Crippen LogP contribution in [-0.4, -0.2) is 52.0 Å². The lowest BCUT2D eigenvalue weighted by molar-refractivity contribution is -0.147. The minimum Gasteiger partial charge on any atom is -0.466 e. The van der Waals surface area contributed by atoms with Gasteiger partial charge in [0.05, 0.1) is 25.2 Å². The number of hydrogen-bond acceptors (Lipinski definition) is 5. The number of amides is 1. The highest BCUT2D eigenvalue weighted by atomic mass is 16.6. The van der Waals surface area contributed by atoms with Gasteiger partial charge in [0, 0.05) is 5.54 Å². The summed E-state index contributed by atoms with van der Waals surface area (Å²) in [7, 11) is 0. The largest absolute Gasteiger partial charge is 0.466 e. The van der Waals surface area contributed by atoms with Crippen molar-refractivity contribution in [3.63, 3.8) is 0 Å². The molecule has 0 aromatic carbocycles. The molecule has 25 heavy (non-hydrogen) atoms. The SMILES string of the molecule is CCOC(=O)C[C@H](O)[C@H](CC(C)C)N(C(=O)OC(C)(C)C)C(C)(C)C. The number of aliphatic hydroxyl groups excluding tert-OH is 1. The molecule has 0 aromatic rings. The van der Waals surface area contributed by atoms with E-state index in [2.05, 4.69) is 0 Å². The number of hydrogen-bond donors (Lipinski definition) is 1. The molecule has 0 unspecified atom stereocenters. The van der Waals surface area contributed by atoms with Crippen molar-refractivity contribution in [1.29, 1.82) is 0 Å². The van der Waals surface area contributed by atoms with Crippen LogP contribution in [0.15, 0.2) is 0 Å². The van der Waals surface area contributed by atoms with Crippen LogP contribution in [0.2, 0.25) is 0 Å². The summed E-state index contributed by atoms with van der Waals surface area (Å²) in [5.41, 5.74) is -1.22. The van der Waals surface area contributed by atoms with Crippen molar-refractivity contribution in [3.8, 4) is 0 Å². The molecule has 0 saturated heterocycles. The molecule has 0 aliphatic rings. The van der Waals surface area contributed by atoms with Crippen LogP contribution in [0.3, 0.4) is 0 Å². The minimum atomic E-state index is -1.02. The highest BCUT2D eigenvalue weighted by Crippen LogP contribution is 2.27. The van der Waals surface area contributed by atoms with E-state index < -0.39 is 35.3 Å². The van der Waals surface area contributed by atoms with Gasteiger partial charge in [0.1, 0.15) is 5.60 Å². The third kappa shape index (κ3) is 9.10. The van der Waals surface area contributed by atoms with Crippen molar-refractivity contribution >= 4 is 12.1 Å². The molecule has 6 nitrogen and oxygen atoms in total. The normalized spacial score (nSPS) is 14.8. The average molecular weight is 360 g/mol. The Hall–Kier alpha value is -1.30. The molecule has 2 atom stereocenters. The number of rotatable bonds is 7. The molecule has 0 aliphatic carbocycles. The maximum atomic E-state index is 12.8. The van der Waals surface area contributed by atoms with E-state index in [1.54, 1.807) is 32.6 Å². The van der Waals surface area contributed by atoms with E-state index in [1.807, 2.05) is 34.6 Å². The fraction of sp³-hybridized carbons (Fsp3) is 0.895. The average Bonchev–Trinajstić information content (AvgIpc) is 2.33. The Morgan fingerprint density at radius 1 is 1.08 bits per heavy atom. The van der Waals surface area contributed by atoms with E-state index >= 15 is 0 Å². The third-order valence-electron chi connectivity index (χ3n) is 3.48. The van der Waals surface area contributed by atoms with Crippen molar-refractivity contribution in [2.45, 2.75) is 98.4 Å². The first-order chi connectivity index (χ1) is 11.2. The zero-order valence-electron chi connectivity index (χ0n) is 17.4. The molecule has 0 radical (unpaired) electrons. The number of nitrogens with zero attached hydrogens (tertiary/aromatic N) is 1. The Balaban J connectivity index is 5.63. The van der Waals surface area contributed by atoms with Crippen molar-refractivity contribution in [2.75, 3.05) is 6.61 Å². The molecule has 1 N–H and O–H groups in total. The first-order valence-electron chi connectivity index (χ1n) is 9.05. The highest BCUT2D eigenvalue weighted by Gasteiger charge is 2.40. The van der Waals surface area contributed by atoms with Crippen LogP contribution >= 0.6 is 0 Å². The molecule has 0 aliphatic heterocycles. The van der Waals surface area contributed by atoms with E-state index in [9.17, 15) is 14.7 Å². The molecular weight excluding hydrogens is 322 g/mol. The predicted molar refractivity (Wildman–Crippen MR) is 98.3 cm³/mol. The number of carbonyl (C=O) groups is 2. The van der Waals surface area contributed by atoms with Gasteiger partial charge >= 0.3 is 12.1 Å². The van der Waals surface area contributed by atoms with E-state index in [-0.39, 0.29) is 18.9 Å². The van der Waals surface area contributed by atoms with Crippen LogP contribution in [0.25, 0.3) is 0 Å². The van der Waals surface area contributed by atoms with Crippen molar-refractivity contribution in [1.82, 2.24) is 4.90 Å². The maximum absolute atomic E-state index is 12.8. The molecule has 148 valence electrons. The zero-order valence-corrected chi connectivity index (χ0v) is 17.4. The molecule has 0 heterocycles. The van der Waals surface area contributed by atoms with E-state index in [0.717, 1.165) is 0 Å². The number of ether oxygens (including phenoxy) is 2. The summed E-state index contributed by atoms with van der Waals surface area (Å²) < 4.78 is 10.5. The fourth-order valence-electron chi connectivity index (χ4n) is 2.66. The van der Waals surface area contributed by atoms with Gasteiger partial charge in [-0.2, -0.15) is 0 Å². The Kier molecular flexibility index (Phi) is 8.92. The van der Waals surface area contributed by atoms with E-state index in [0.29, 0.717) is 6.42 Å². The summed E-state index contributed by atoms with van der Waals surface area (Å²) in [4.78, 5) is 26.2. The van der Waals surface area contributed by atoms with Crippen LogP contribution in [0.1, 0.15) is 75.2 Å². The highest BCUT2D eigenvalue weighted by molar-refractivity contribution is 5.71. The Morgan fingerprint density at radius 3 is 1.96 bits per heavy atom. The van der Waals surface area contributed by atoms with Gasteiger partial charge in [0.15, 0.2) is 0 Å². The minimum absolute atomic E-state index is 0.152. The summed E-state index contributed by atoms with van der Waals surface area (Å²) in [6.45, 7) is 17.1. The molecule has 1 amide bonds. The van der Waals surface area contributed by atoms with Gasteiger partial charge < -0.3 is 14.6 Å². The lowest BCUT2D eigenvalue weighted by Gasteiger charge is -2.44. The summed E-state index contributed by atoms with van der Waals surface area (Å²) in [6.07, 6.45) is -1.11. The van der Waals surface area contributed by atoms with Gasteiger partial charge in [-0.1, -0.05) is 13.8 Å². The molecular formula is C19H37NO5. The first-order valence-corrected chi connectivity index (χ1v) is 9.05. The van der Waals surface area contributed by atoms with Gasteiger partial charge in [-0.15, -0.1) is 0 Å². The molecule has 0 saturated carbocycles. The van der Waals surface area contributed by atoms with Crippen molar-refractivity contribution in [2.24, 2.45) is 5.92 Å². The summed E-state index contributed by atoms with van der Waals surface area (Å²) in [6, 6.07) is -0.542. The van der Waals surface area contributed by atoms with Gasteiger partial charge in [-0.25, -0.2) is 4.79 Å². The standard InChI is InChI=1S/C19H37NO5/c1-10-24-16(22)12-15(21)14(11-13(2)3)20(18(4,5)6)17(23)25-19(7,8)9/h13-15,21H,10-12H2,1-9H3/t14-,15-/m0/s1.